The van der Waals surface area contributed by atoms with Crippen LogP contribution < -0.4 is 20.9 Å². The molecule has 0 amide bonds. The van der Waals surface area contributed by atoms with Gasteiger partial charge in [-0.25, -0.2) is 4.79 Å². The third-order valence-corrected chi connectivity index (χ3v) is 13.8. The Bertz CT molecular complexity index is 1870. The van der Waals surface area contributed by atoms with Crippen LogP contribution in [0.2, 0.25) is 19.6 Å². The van der Waals surface area contributed by atoms with E-state index in [9.17, 15) is 4.79 Å². The molecule has 3 aromatic carbocycles. The first-order valence-corrected chi connectivity index (χ1v) is 22.7. The van der Waals surface area contributed by atoms with Gasteiger partial charge >= 0.3 is 5.69 Å². The van der Waals surface area contributed by atoms with Crippen LogP contribution in [0.25, 0.3) is 0 Å². The van der Waals surface area contributed by atoms with Crippen LogP contribution in [0.15, 0.2) is 89.9 Å². The van der Waals surface area contributed by atoms with Crippen molar-refractivity contribution in [2.75, 3.05) is 32.7 Å². The number of ether oxygens (including phenoxy) is 4. The number of hydrogen-bond donors (Lipinski definition) is 1. The van der Waals surface area contributed by atoms with Crippen LogP contribution in [-0.4, -0.2) is 62.4 Å². The minimum absolute atomic E-state index is 0.0221. The van der Waals surface area contributed by atoms with E-state index in [1.54, 1.807) is 27.3 Å². The molecule has 2 N–H and O–H groups in total. The van der Waals surface area contributed by atoms with Crippen LogP contribution >= 0.6 is 7.37 Å². The maximum Gasteiger partial charge on any atom is 0.351 e. The van der Waals surface area contributed by atoms with Crippen LogP contribution in [0.3, 0.4) is 0 Å². The number of aromatic nitrogens is 2. The van der Waals surface area contributed by atoms with Crippen molar-refractivity contribution in [1.82, 2.24) is 9.55 Å². The van der Waals surface area contributed by atoms with Gasteiger partial charge in [-0.15, -0.1) is 0 Å². The first kappa shape index (κ1) is 39.4. The highest BCUT2D eigenvalue weighted by Crippen LogP contribution is 2.62. The summed E-state index contributed by atoms with van der Waals surface area (Å²) in [6.07, 6.45) is -0.451. The number of methoxy groups -OCH3 is 2. The van der Waals surface area contributed by atoms with Crippen molar-refractivity contribution in [3.8, 4) is 11.5 Å². The van der Waals surface area contributed by atoms with Gasteiger partial charge in [-0.1, -0.05) is 54.6 Å². The smallest absolute Gasteiger partial charge is 0.351 e. The summed E-state index contributed by atoms with van der Waals surface area (Å²) in [5.74, 6) is 1.53. The molecule has 1 saturated heterocycles. The number of benzene rings is 3. The lowest BCUT2D eigenvalue weighted by Crippen LogP contribution is -2.43. The van der Waals surface area contributed by atoms with E-state index < -0.39 is 50.8 Å². The van der Waals surface area contributed by atoms with Gasteiger partial charge in [0.2, 0.25) is 7.37 Å². The SMILES string of the molecule is CCOP(=O)(C[C@H]1OC(n2cc(C)c(N)nc2=O)CC1OC(c1ccccc1)(c1ccc(OC)cc1)c1ccc(OC)cc1)C(C)(C)O[Si](C)(C)C. The van der Waals surface area contributed by atoms with Gasteiger partial charge in [-0.05, 0) is 88.3 Å². The molecule has 4 aromatic rings. The number of anilines is 1. The Kier molecular flexibility index (Phi) is 11.9. The predicted molar refractivity (Wildman–Crippen MR) is 206 cm³/mol. The third-order valence-electron chi connectivity index (χ3n) is 9.30. The molecule has 0 radical (unpaired) electrons. The zero-order valence-electron chi connectivity index (χ0n) is 31.6. The van der Waals surface area contributed by atoms with Crippen molar-refractivity contribution in [2.45, 2.75) is 83.1 Å². The lowest BCUT2D eigenvalue weighted by molar-refractivity contribution is -0.0794. The molecular formula is C39H52N3O8PSi. The summed E-state index contributed by atoms with van der Waals surface area (Å²) in [5.41, 5.74) is 7.37. The van der Waals surface area contributed by atoms with Crippen LogP contribution in [0, 0.1) is 6.92 Å². The number of aryl methyl sites for hydroxylation is 1. The number of rotatable bonds is 15. The largest absolute Gasteiger partial charge is 0.497 e. The fourth-order valence-electron chi connectivity index (χ4n) is 6.89. The maximum atomic E-state index is 15.2. The number of hydrogen-bond acceptors (Lipinski definition) is 10. The molecule has 52 heavy (non-hydrogen) atoms. The van der Waals surface area contributed by atoms with E-state index in [1.807, 2.05) is 99.6 Å². The van der Waals surface area contributed by atoms with E-state index in [1.165, 1.54) is 4.57 Å². The first-order valence-electron chi connectivity index (χ1n) is 17.5. The van der Waals surface area contributed by atoms with Gasteiger partial charge in [0.25, 0.3) is 0 Å². The molecule has 1 aliphatic heterocycles. The van der Waals surface area contributed by atoms with Crippen molar-refractivity contribution in [1.29, 1.82) is 0 Å². The molecule has 1 aliphatic rings. The Balaban J connectivity index is 1.71. The molecular weight excluding hydrogens is 698 g/mol. The van der Waals surface area contributed by atoms with E-state index in [4.69, 9.17) is 33.6 Å². The summed E-state index contributed by atoms with van der Waals surface area (Å²) in [6.45, 7) is 13.6. The van der Waals surface area contributed by atoms with Gasteiger partial charge in [-0.3, -0.25) is 9.13 Å². The Morgan fingerprint density at radius 2 is 1.46 bits per heavy atom. The van der Waals surface area contributed by atoms with E-state index in [2.05, 4.69) is 24.6 Å². The average molecular weight is 750 g/mol. The van der Waals surface area contributed by atoms with Crippen molar-refractivity contribution in [3.63, 3.8) is 0 Å². The standard InChI is InChI=1S/C39H52N3O8PSi/c1-10-47-51(44,38(3,4)50-52(7,8)9)26-34-33(24-35(48-34)42-25-27(2)36(40)41-37(42)43)49-39(28-14-12-11-13-15-28,29-16-20-31(45-5)21-17-29)30-18-22-32(46-6)23-19-30/h11-23,25,33-35H,10,24,26H2,1-9H3,(H2,40,41,43)/t33?,34-,35?,51?/m1/s1. The predicted octanol–water partition coefficient (Wildman–Crippen LogP) is 7.72. The molecule has 0 aliphatic carbocycles. The highest BCUT2D eigenvalue weighted by atomic mass is 31.2. The minimum Gasteiger partial charge on any atom is -0.497 e. The highest BCUT2D eigenvalue weighted by molar-refractivity contribution is 7.60. The average Bonchev–Trinajstić information content (AvgIpc) is 3.49. The maximum absolute atomic E-state index is 15.2. The highest BCUT2D eigenvalue weighted by Gasteiger charge is 2.52. The van der Waals surface area contributed by atoms with Gasteiger partial charge in [0.05, 0.1) is 39.2 Å². The van der Waals surface area contributed by atoms with Gasteiger partial charge in [0.15, 0.2) is 8.32 Å². The fraction of sp³-hybridized carbons (Fsp3) is 0.436. The summed E-state index contributed by atoms with van der Waals surface area (Å²) in [6, 6.07) is 25.4. The Hall–Kier alpha value is -3.77. The lowest BCUT2D eigenvalue weighted by Gasteiger charge is -2.42. The number of nitrogens with zero attached hydrogens (tertiary/aromatic N) is 2. The van der Waals surface area contributed by atoms with E-state index in [0.717, 1.165) is 16.7 Å². The number of nitrogens with two attached hydrogens (primary N) is 1. The quantitative estimate of drug-likeness (QED) is 0.0732. The van der Waals surface area contributed by atoms with Crippen molar-refractivity contribution in [2.24, 2.45) is 0 Å². The molecule has 280 valence electrons. The summed E-state index contributed by atoms with van der Waals surface area (Å²) in [7, 11) is -2.54. The fourth-order valence-corrected chi connectivity index (χ4v) is 11.8. The van der Waals surface area contributed by atoms with Crippen LogP contribution in [0.4, 0.5) is 5.82 Å². The van der Waals surface area contributed by atoms with Gasteiger partial charge < -0.3 is 33.6 Å². The van der Waals surface area contributed by atoms with Gasteiger partial charge in [0.1, 0.15) is 34.5 Å². The molecule has 5 rings (SSSR count). The molecule has 0 bridgehead atoms. The van der Waals surface area contributed by atoms with Crippen molar-refractivity contribution < 1.29 is 32.5 Å². The second kappa shape index (κ2) is 15.7. The second-order valence-corrected chi connectivity index (χ2v) is 21.9. The van der Waals surface area contributed by atoms with Gasteiger partial charge in [-0.2, -0.15) is 4.98 Å². The van der Waals surface area contributed by atoms with Crippen LogP contribution in [-0.2, 0) is 28.6 Å². The third kappa shape index (κ3) is 8.22. The first-order chi connectivity index (χ1) is 24.6. The Morgan fingerprint density at radius 3 is 1.96 bits per heavy atom. The minimum atomic E-state index is -3.60. The molecule has 3 unspecified atom stereocenters. The molecule has 11 nitrogen and oxygen atoms in total. The monoisotopic (exact) mass is 749 g/mol. The Labute approximate surface area is 308 Å². The molecule has 1 fully saturated rings. The molecule has 2 heterocycles. The van der Waals surface area contributed by atoms with E-state index in [-0.39, 0.29) is 25.0 Å². The Morgan fingerprint density at radius 1 is 0.923 bits per heavy atom. The summed E-state index contributed by atoms with van der Waals surface area (Å²) in [5, 5.41) is -1.13. The molecule has 13 heteroatoms. The summed E-state index contributed by atoms with van der Waals surface area (Å²) >= 11 is 0. The normalized spacial score (nSPS) is 19.3. The van der Waals surface area contributed by atoms with Crippen molar-refractivity contribution >= 4 is 21.5 Å². The van der Waals surface area contributed by atoms with E-state index >= 15 is 4.57 Å². The zero-order chi connectivity index (χ0) is 37.9. The molecule has 0 saturated carbocycles. The molecule has 0 spiro atoms. The topological polar surface area (TPSA) is 133 Å². The van der Waals surface area contributed by atoms with Crippen molar-refractivity contribution in [3.05, 3.63) is 118 Å². The zero-order valence-corrected chi connectivity index (χ0v) is 33.5. The lowest BCUT2D eigenvalue weighted by atomic mass is 9.79. The van der Waals surface area contributed by atoms with E-state index in [0.29, 0.717) is 17.1 Å². The van der Waals surface area contributed by atoms with Crippen LogP contribution in [0.5, 0.6) is 11.5 Å². The molecule has 4 atom stereocenters. The summed E-state index contributed by atoms with van der Waals surface area (Å²) < 4.78 is 54.7. The molecule has 1 aromatic heterocycles. The van der Waals surface area contributed by atoms with Gasteiger partial charge in [0, 0.05) is 18.2 Å². The second-order valence-electron chi connectivity index (χ2n) is 14.5. The van der Waals surface area contributed by atoms with Crippen LogP contribution in [0.1, 0.15) is 55.7 Å². The number of nitrogen functional groups attached to an aromatic ring is 1. The summed E-state index contributed by atoms with van der Waals surface area (Å²) in [4.78, 5) is 17.3.